The first kappa shape index (κ1) is 18.2. The van der Waals surface area contributed by atoms with E-state index in [1.165, 1.54) is 12.0 Å². The van der Waals surface area contributed by atoms with Gasteiger partial charge in [-0.2, -0.15) is 0 Å². The summed E-state index contributed by atoms with van der Waals surface area (Å²) in [6.07, 6.45) is 6.12. The van der Waals surface area contributed by atoms with Gasteiger partial charge in [-0.25, -0.2) is 13.2 Å². The van der Waals surface area contributed by atoms with Crippen molar-refractivity contribution in [1.29, 1.82) is 0 Å². The largest absolute Gasteiger partial charge is 0.334 e. The second kappa shape index (κ2) is 7.77. The number of carbonyl (C=O) groups is 1. The standard InChI is InChI=1S/C19H28N2O3S/c1-15-7-5-6-8-16(15)13-21(18-9-3-2-4-10-18)19(22)20-17-11-12-25(23,24)14-17/h5-8,17-18H,2-4,9-14H2,1H3,(H,20,22)/t17-/m0/s1. The van der Waals surface area contributed by atoms with Gasteiger partial charge in [-0.05, 0) is 37.3 Å². The predicted molar refractivity (Wildman–Crippen MR) is 99.2 cm³/mol. The Morgan fingerprint density at radius 2 is 1.88 bits per heavy atom. The lowest BCUT2D eigenvalue weighted by Gasteiger charge is -2.35. The molecule has 2 fully saturated rings. The number of nitrogens with one attached hydrogen (secondary N) is 1. The number of carbonyl (C=O) groups excluding carboxylic acids is 1. The molecule has 1 N–H and O–H groups in total. The van der Waals surface area contributed by atoms with E-state index in [0.29, 0.717) is 13.0 Å². The highest BCUT2D eigenvalue weighted by Crippen LogP contribution is 2.25. The zero-order chi connectivity index (χ0) is 17.9. The Hall–Kier alpha value is -1.56. The van der Waals surface area contributed by atoms with Gasteiger partial charge in [0.15, 0.2) is 9.84 Å². The summed E-state index contributed by atoms with van der Waals surface area (Å²) in [6, 6.07) is 8.02. The first-order valence-corrected chi connectivity index (χ1v) is 11.1. The molecule has 1 saturated heterocycles. The van der Waals surface area contributed by atoms with Gasteiger partial charge in [-0.1, -0.05) is 43.5 Å². The molecular weight excluding hydrogens is 336 g/mol. The monoisotopic (exact) mass is 364 g/mol. The van der Waals surface area contributed by atoms with Gasteiger partial charge in [0, 0.05) is 18.6 Å². The van der Waals surface area contributed by atoms with Gasteiger partial charge in [-0.15, -0.1) is 0 Å². The lowest BCUT2D eigenvalue weighted by molar-refractivity contribution is 0.148. The minimum absolute atomic E-state index is 0.0710. The van der Waals surface area contributed by atoms with Gasteiger partial charge in [0.2, 0.25) is 0 Å². The molecular formula is C19H28N2O3S. The molecule has 1 aliphatic carbocycles. The third kappa shape index (κ3) is 4.75. The van der Waals surface area contributed by atoms with Crippen molar-refractivity contribution < 1.29 is 13.2 Å². The number of nitrogens with zero attached hydrogens (tertiary/aromatic N) is 1. The molecule has 2 aliphatic rings. The van der Waals surface area contributed by atoms with Crippen molar-refractivity contribution in [1.82, 2.24) is 10.2 Å². The maximum Gasteiger partial charge on any atom is 0.318 e. The lowest BCUT2D eigenvalue weighted by Crippen LogP contribution is -2.49. The number of rotatable bonds is 4. The topological polar surface area (TPSA) is 66.5 Å². The Bertz CT molecular complexity index is 711. The Morgan fingerprint density at radius 1 is 1.16 bits per heavy atom. The fourth-order valence-electron chi connectivity index (χ4n) is 3.90. The molecule has 0 radical (unpaired) electrons. The summed E-state index contributed by atoms with van der Waals surface area (Å²) in [5.41, 5.74) is 2.34. The van der Waals surface area contributed by atoms with Gasteiger partial charge in [0.25, 0.3) is 0 Å². The molecule has 0 aromatic heterocycles. The van der Waals surface area contributed by atoms with Crippen LogP contribution in [0.5, 0.6) is 0 Å². The highest BCUT2D eigenvalue weighted by atomic mass is 32.2. The van der Waals surface area contributed by atoms with Crippen molar-refractivity contribution >= 4 is 15.9 Å². The van der Waals surface area contributed by atoms with Crippen LogP contribution < -0.4 is 5.32 Å². The average Bonchev–Trinajstić information content (AvgIpc) is 2.93. The highest BCUT2D eigenvalue weighted by Gasteiger charge is 2.32. The van der Waals surface area contributed by atoms with Crippen LogP contribution in [-0.2, 0) is 16.4 Å². The molecule has 1 aliphatic heterocycles. The van der Waals surface area contributed by atoms with E-state index < -0.39 is 9.84 Å². The van der Waals surface area contributed by atoms with Gasteiger partial charge >= 0.3 is 6.03 Å². The number of benzene rings is 1. The third-order valence-corrected chi connectivity index (χ3v) is 7.21. The van der Waals surface area contributed by atoms with Gasteiger partial charge in [-0.3, -0.25) is 0 Å². The van der Waals surface area contributed by atoms with Gasteiger partial charge in [0.1, 0.15) is 0 Å². The minimum Gasteiger partial charge on any atom is -0.334 e. The van der Waals surface area contributed by atoms with Crippen molar-refractivity contribution in [3.63, 3.8) is 0 Å². The fraction of sp³-hybridized carbons (Fsp3) is 0.632. The quantitative estimate of drug-likeness (QED) is 0.893. The molecule has 1 aromatic rings. The van der Waals surface area contributed by atoms with Crippen LogP contribution in [0.4, 0.5) is 4.79 Å². The molecule has 1 aromatic carbocycles. The van der Waals surface area contributed by atoms with Crippen LogP contribution in [0.1, 0.15) is 49.7 Å². The van der Waals surface area contributed by atoms with Crippen molar-refractivity contribution in [2.75, 3.05) is 11.5 Å². The van der Waals surface area contributed by atoms with E-state index in [1.54, 1.807) is 0 Å². The predicted octanol–water partition coefficient (Wildman–Crippen LogP) is 3.03. The molecule has 6 heteroatoms. The number of hydrogen-bond donors (Lipinski definition) is 1. The maximum atomic E-state index is 12.9. The van der Waals surface area contributed by atoms with Crippen LogP contribution in [0.2, 0.25) is 0 Å². The Morgan fingerprint density at radius 3 is 2.52 bits per heavy atom. The van der Waals surface area contributed by atoms with Crippen LogP contribution in [0.15, 0.2) is 24.3 Å². The Labute approximate surface area is 150 Å². The molecule has 3 rings (SSSR count). The molecule has 0 unspecified atom stereocenters. The van der Waals surface area contributed by atoms with Crippen LogP contribution in [0.25, 0.3) is 0 Å². The molecule has 1 saturated carbocycles. The number of amides is 2. The highest BCUT2D eigenvalue weighted by molar-refractivity contribution is 7.91. The van der Waals surface area contributed by atoms with Crippen molar-refractivity contribution in [2.45, 2.75) is 64.1 Å². The first-order chi connectivity index (χ1) is 11.9. The molecule has 25 heavy (non-hydrogen) atoms. The van der Waals surface area contributed by atoms with Crippen molar-refractivity contribution in [2.24, 2.45) is 0 Å². The number of hydrogen-bond acceptors (Lipinski definition) is 3. The normalized spacial score (nSPS) is 23.3. The van der Waals surface area contributed by atoms with Gasteiger partial charge in [0.05, 0.1) is 11.5 Å². The van der Waals surface area contributed by atoms with Crippen molar-refractivity contribution in [3.05, 3.63) is 35.4 Å². The Balaban J connectivity index is 1.73. The summed E-state index contributed by atoms with van der Waals surface area (Å²) >= 11 is 0. The molecule has 2 amide bonds. The zero-order valence-electron chi connectivity index (χ0n) is 14.9. The smallest absolute Gasteiger partial charge is 0.318 e. The number of urea groups is 1. The van der Waals surface area contributed by atoms with Crippen molar-refractivity contribution in [3.8, 4) is 0 Å². The number of sulfone groups is 1. The van der Waals surface area contributed by atoms with E-state index in [9.17, 15) is 13.2 Å². The van der Waals surface area contributed by atoms with E-state index >= 15 is 0 Å². The summed E-state index contributed by atoms with van der Waals surface area (Å²) in [7, 11) is -2.99. The van der Waals surface area contributed by atoms with E-state index in [2.05, 4.69) is 24.4 Å². The summed E-state index contributed by atoms with van der Waals surface area (Å²) in [4.78, 5) is 14.9. The summed E-state index contributed by atoms with van der Waals surface area (Å²) in [6.45, 7) is 2.65. The average molecular weight is 365 g/mol. The molecule has 1 heterocycles. The Kier molecular flexibility index (Phi) is 5.67. The first-order valence-electron chi connectivity index (χ1n) is 9.27. The third-order valence-electron chi connectivity index (χ3n) is 5.44. The number of aryl methyl sites for hydroxylation is 1. The lowest BCUT2D eigenvalue weighted by atomic mass is 9.93. The van der Waals surface area contributed by atoms with E-state index in [0.717, 1.165) is 31.2 Å². The van der Waals surface area contributed by atoms with Gasteiger partial charge < -0.3 is 10.2 Å². The second-order valence-electron chi connectivity index (χ2n) is 7.40. The fourth-order valence-corrected chi connectivity index (χ4v) is 5.57. The summed E-state index contributed by atoms with van der Waals surface area (Å²) in [5.74, 6) is 0.251. The minimum atomic E-state index is -2.99. The molecule has 0 spiro atoms. The molecule has 1 atom stereocenters. The second-order valence-corrected chi connectivity index (χ2v) is 9.62. The zero-order valence-corrected chi connectivity index (χ0v) is 15.7. The SMILES string of the molecule is Cc1ccccc1CN(C(=O)N[C@H]1CCS(=O)(=O)C1)C1CCCCC1. The summed E-state index contributed by atoms with van der Waals surface area (Å²) < 4.78 is 23.3. The van der Waals surface area contributed by atoms with Crippen LogP contribution in [-0.4, -0.2) is 42.9 Å². The van der Waals surface area contributed by atoms with Crippen LogP contribution in [0.3, 0.4) is 0 Å². The van der Waals surface area contributed by atoms with E-state index in [-0.39, 0.29) is 29.6 Å². The maximum absolute atomic E-state index is 12.9. The van der Waals surface area contributed by atoms with E-state index in [1.807, 2.05) is 17.0 Å². The molecule has 5 nitrogen and oxygen atoms in total. The van der Waals surface area contributed by atoms with Crippen LogP contribution >= 0.6 is 0 Å². The molecule has 0 bridgehead atoms. The summed E-state index contributed by atoms with van der Waals surface area (Å²) in [5, 5.41) is 2.98. The molecule has 138 valence electrons. The van der Waals surface area contributed by atoms with E-state index in [4.69, 9.17) is 0 Å². The van der Waals surface area contributed by atoms with Crippen LogP contribution in [0, 0.1) is 6.92 Å².